The highest BCUT2D eigenvalue weighted by atomic mass is 32.1. The molecular formula is C18H13NOS. The number of hydrogen-bond acceptors (Lipinski definition) is 3. The van der Waals surface area contributed by atoms with Crippen molar-refractivity contribution in [2.24, 2.45) is 0 Å². The molecule has 0 saturated carbocycles. The second-order valence-electron chi connectivity index (χ2n) is 4.98. The van der Waals surface area contributed by atoms with Crippen molar-refractivity contribution >= 4 is 27.2 Å². The summed E-state index contributed by atoms with van der Waals surface area (Å²) in [4.78, 5) is 12.7. The number of thiophene rings is 1. The quantitative estimate of drug-likeness (QED) is 0.656. The molecule has 3 rings (SSSR count). The molecule has 102 valence electrons. The van der Waals surface area contributed by atoms with Crippen LogP contribution in [-0.4, -0.2) is 5.78 Å². The number of nitrogens with zero attached hydrogens (tertiary/aromatic N) is 1. The van der Waals surface area contributed by atoms with Gasteiger partial charge in [-0.15, -0.1) is 11.3 Å². The predicted molar refractivity (Wildman–Crippen MR) is 85.7 cm³/mol. The summed E-state index contributed by atoms with van der Waals surface area (Å²) in [7, 11) is 0. The fraction of sp³-hybridized carbons (Fsp3) is 0.111. The Morgan fingerprint density at radius 1 is 1.14 bits per heavy atom. The van der Waals surface area contributed by atoms with Crippen LogP contribution < -0.4 is 0 Å². The van der Waals surface area contributed by atoms with E-state index >= 15 is 0 Å². The fourth-order valence-corrected chi connectivity index (χ4v) is 3.32. The Bertz CT molecular complexity index is 840. The summed E-state index contributed by atoms with van der Waals surface area (Å²) in [5.74, 6) is -0.873. The van der Waals surface area contributed by atoms with Gasteiger partial charge in [0.2, 0.25) is 0 Å². The second kappa shape index (κ2) is 5.51. The molecule has 1 aromatic heterocycles. The van der Waals surface area contributed by atoms with E-state index in [-0.39, 0.29) is 5.78 Å². The first-order valence-electron chi connectivity index (χ1n) is 6.67. The maximum atomic E-state index is 12.7. The smallest absolute Gasteiger partial charge is 0.185 e. The summed E-state index contributed by atoms with van der Waals surface area (Å²) in [6.45, 7) is 1.99. The molecule has 0 fully saturated rings. The van der Waals surface area contributed by atoms with E-state index in [0.29, 0.717) is 5.56 Å². The van der Waals surface area contributed by atoms with Gasteiger partial charge in [0.15, 0.2) is 5.78 Å². The highest BCUT2D eigenvalue weighted by Crippen LogP contribution is 2.30. The zero-order chi connectivity index (χ0) is 14.8. The number of hydrogen-bond donors (Lipinski definition) is 0. The van der Waals surface area contributed by atoms with Crippen LogP contribution in [0.1, 0.15) is 27.4 Å². The summed E-state index contributed by atoms with van der Waals surface area (Å²) in [6, 6.07) is 17.5. The van der Waals surface area contributed by atoms with E-state index in [2.05, 4.69) is 6.07 Å². The first-order valence-corrected chi connectivity index (χ1v) is 7.55. The first-order chi connectivity index (χ1) is 10.2. The molecule has 0 spiro atoms. The Labute approximate surface area is 127 Å². The maximum Gasteiger partial charge on any atom is 0.185 e. The van der Waals surface area contributed by atoms with E-state index in [1.54, 1.807) is 0 Å². The van der Waals surface area contributed by atoms with Crippen molar-refractivity contribution in [3.63, 3.8) is 0 Å². The molecule has 0 aliphatic heterocycles. The SMILES string of the molecule is Cc1ccc(C(C#N)C(=O)c2csc3ccccc23)cc1. The minimum Gasteiger partial charge on any atom is -0.292 e. The van der Waals surface area contributed by atoms with Crippen molar-refractivity contribution in [1.82, 2.24) is 0 Å². The largest absolute Gasteiger partial charge is 0.292 e. The van der Waals surface area contributed by atoms with Crippen LogP contribution in [0.25, 0.3) is 10.1 Å². The molecule has 2 nitrogen and oxygen atoms in total. The van der Waals surface area contributed by atoms with Crippen molar-refractivity contribution in [3.8, 4) is 6.07 Å². The van der Waals surface area contributed by atoms with Gasteiger partial charge >= 0.3 is 0 Å². The molecule has 0 saturated heterocycles. The van der Waals surface area contributed by atoms with Crippen LogP contribution in [0.15, 0.2) is 53.9 Å². The van der Waals surface area contributed by atoms with Gasteiger partial charge in [0.1, 0.15) is 5.92 Å². The van der Waals surface area contributed by atoms with E-state index in [4.69, 9.17) is 0 Å². The van der Waals surface area contributed by atoms with Crippen LogP contribution in [0, 0.1) is 18.3 Å². The molecule has 1 heterocycles. The Kier molecular flexibility index (Phi) is 3.55. The number of carbonyl (C=O) groups excluding carboxylic acids is 1. The minimum atomic E-state index is -0.747. The highest BCUT2D eigenvalue weighted by molar-refractivity contribution is 7.17. The van der Waals surface area contributed by atoms with Crippen molar-refractivity contribution in [3.05, 3.63) is 70.6 Å². The van der Waals surface area contributed by atoms with Crippen LogP contribution in [0.2, 0.25) is 0 Å². The first kappa shape index (κ1) is 13.5. The minimum absolute atomic E-state index is 0.126. The zero-order valence-corrected chi connectivity index (χ0v) is 12.4. The van der Waals surface area contributed by atoms with Gasteiger partial charge in [0.25, 0.3) is 0 Å². The molecule has 0 amide bonds. The molecule has 1 atom stereocenters. The molecule has 0 radical (unpaired) electrons. The third-order valence-electron chi connectivity index (χ3n) is 3.55. The standard InChI is InChI=1S/C18H13NOS/c1-12-6-8-13(9-7-12)15(10-19)18(20)16-11-21-17-5-3-2-4-14(16)17/h2-9,11,15H,1H3. The monoisotopic (exact) mass is 291 g/mol. The van der Waals surface area contributed by atoms with Gasteiger partial charge in [0.05, 0.1) is 6.07 Å². The summed E-state index contributed by atoms with van der Waals surface area (Å²) in [6.07, 6.45) is 0. The number of benzene rings is 2. The van der Waals surface area contributed by atoms with Gasteiger partial charge < -0.3 is 0 Å². The topological polar surface area (TPSA) is 40.9 Å². The lowest BCUT2D eigenvalue weighted by Gasteiger charge is -2.08. The summed E-state index contributed by atoms with van der Waals surface area (Å²) < 4.78 is 1.07. The molecular weight excluding hydrogens is 278 g/mol. The Balaban J connectivity index is 2.03. The van der Waals surface area contributed by atoms with Crippen molar-refractivity contribution in [2.45, 2.75) is 12.8 Å². The average molecular weight is 291 g/mol. The molecule has 0 bridgehead atoms. The van der Waals surface area contributed by atoms with Gasteiger partial charge in [-0.2, -0.15) is 5.26 Å². The van der Waals surface area contributed by atoms with E-state index in [1.807, 2.05) is 60.8 Å². The number of ketones is 1. The number of aryl methyl sites for hydroxylation is 1. The van der Waals surface area contributed by atoms with E-state index in [1.165, 1.54) is 11.3 Å². The number of fused-ring (bicyclic) bond motifs is 1. The van der Waals surface area contributed by atoms with Crippen LogP contribution in [0.4, 0.5) is 0 Å². The highest BCUT2D eigenvalue weighted by Gasteiger charge is 2.24. The molecule has 0 N–H and O–H groups in total. The van der Waals surface area contributed by atoms with Gasteiger partial charge in [-0.05, 0) is 18.6 Å². The van der Waals surface area contributed by atoms with Gasteiger partial charge in [-0.25, -0.2) is 0 Å². The summed E-state index contributed by atoms with van der Waals surface area (Å²) in [5.41, 5.74) is 2.51. The van der Waals surface area contributed by atoms with Crippen LogP contribution >= 0.6 is 11.3 Å². The Morgan fingerprint density at radius 2 is 1.86 bits per heavy atom. The van der Waals surface area contributed by atoms with E-state index in [0.717, 1.165) is 21.2 Å². The number of carbonyl (C=O) groups is 1. The average Bonchev–Trinajstić information content (AvgIpc) is 2.94. The van der Waals surface area contributed by atoms with Crippen molar-refractivity contribution in [2.75, 3.05) is 0 Å². The number of nitriles is 1. The molecule has 2 aromatic carbocycles. The second-order valence-corrected chi connectivity index (χ2v) is 5.89. The van der Waals surface area contributed by atoms with Gasteiger partial charge in [0, 0.05) is 21.0 Å². The summed E-state index contributed by atoms with van der Waals surface area (Å²) >= 11 is 1.54. The number of Topliss-reactive ketones (excluding diaryl/α,β-unsaturated/α-hetero) is 1. The molecule has 0 aliphatic rings. The van der Waals surface area contributed by atoms with E-state index < -0.39 is 5.92 Å². The van der Waals surface area contributed by atoms with E-state index in [9.17, 15) is 10.1 Å². The van der Waals surface area contributed by atoms with Crippen LogP contribution in [0.3, 0.4) is 0 Å². The Hall–Kier alpha value is -2.44. The summed E-state index contributed by atoms with van der Waals surface area (Å²) in [5, 5.41) is 12.2. The molecule has 3 aromatic rings. The fourth-order valence-electron chi connectivity index (χ4n) is 2.37. The van der Waals surface area contributed by atoms with Gasteiger partial charge in [-0.3, -0.25) is 4.79 Å². The molecule has 0 aliphatic carbocycles. The lowest BCUT2D eigenvalue weighted by molar-refractivity contribution is 0.0981. The van der Waals surface area contributed by atoms with Crippen LogP contribution in [0.5, 0.6) is 0 Å². The van der Waals surface area contributed by atoms with Gasteiger partial charge in [-0.1, -0.05) is 48.0 Å². The molecule has 21 heavy (non-hydrogen) atoms. The van der Waals surface area contributed by atoms with Crippen molar-refractivity contribution in [1.29, 1.82) is 5.26 Å². The third-order valence-corrected chi connectivity index (χ3v) is 4.51. The maximum absolute atomic E-state index is 12.7. The third kappa shape index (κ3) is 2.46. The lowest BCUT2D eigenvalue weighted by Crippen LogP contribution is -2.10. The molecule has 1 unspecified atom stereocenters. The zero-order valence-electron chi connectivity index (χ0n) is 11.5. The van der Waals surface area contributed by atoms with Crippen molar-refractivity contribution < 1.29 is 4.79 Å². The van der Waals surface area contributed by atoms with Crippen LogP contribution in [-0.2, 0) is 0 Å². The molecule has 3 heteroatoms. The normalized spacial score (nSPS) is 12.0. The number of rotatable bonds is 3. The predicted octanol–water partition coefficient (Wildman–Crippen LogP) is 4.70. The Morgan fingerprint density at radius 3 is 2.57 bits per heavy atom. The lowest BCUT2D eigenvalue weighted by atomic mass is 9.91.